The van der Waals surface area contributed by atoms with Gasteiger partial charge in [-0.3, -0.25) is 0 Å². The van der Waals surface area contributed by atoms with E-state index in [-0.39, 0.29) is 5.54 Å². The molecular weight excluding hydrogens is 220 g/mol. The van der Waals surface area contributed by atoms with E-state index < -0.39 is 0 Å². The molecule has 0 aromatic heterocycles. The summed E-state index contributed by atoms with van der Waals surface area (Å²) in [5, 5.41) is 13.1. The van der Waals surface area contributed by atoms with E-state index >= 15 is 0 Å². The Bertz CT molecular complexity index is 442. The summed E-state index contributed by atoms with van der Waals surface area (Å²) in [6.07, 6.45) is 2.55. The van der Waals surface area contributed by atoms with Crippen molar-refractivity contribution in [1.82, 2.24) is 0 Å². The second kappa shape index (κ2) is 3.99. The quantitative estimate of drug-likeness (QED) is 0.863. The molecule has 2 nitrogen and oxygen atoms in total. The summed E-state index contributed by atoms with van der Waals surface area (Å²) in [5.41, 5.74) is 1.55. The molecule has 1 N–H and O–H groups in total. The fourth-order valence-corrected chi connectivity index (χ4v) is 2.14. The maximum absolute atomic E-state index is 9.05. The molecule has 3 heteroatoms. The normalized spacial score (nSPS) is 15.6. The topological polar surface area (TPSA) is 35.8 Å². The van der Waals surface area contributed by atoms with Crippen molar-refractivity contribution in [2.45, 2.75) is 32.2 Å². The van der Waals surface area contributed by atoms with Crippen LogP contribution in [0.5, 0.6) is 0 Å². The third kappa shape index (κ3) is 2.31. The average molecular weight is 235 g/mol. The zero-order valence-electron chi connectivity index (χ0n) is 9.55. The molecule has 84 valence electrons. The Kier molecular flexibility index (Phi) is 2.82. The Balaban J connectivity index is 2.24. The van der Waals surface area contributed by atoms with E-state index in [0.717, 1.165) is 11.6 Å². The van der Waals surface area contributed by atoms with Crippen molar-refractivity contribution in [3.8, 4) is 6.07 Å². The molecular formula is C13H15ClN2. The summed E-state index contributed by atoms with van der Waals surface area (Å²) in [7, 11) is 0. The summed E-state index contributed by atoms with van der Waals surface area (Å²) in [5.74, 6) is 0.717. The molecule has 0 spiro atoms. The van der Waals surface area contributed by atoms with Gasteiger partial charge in [0.15, 0.2) is 0 Å². The van der Waals surface area contributed by atoms with Crippen LogP contribution in [0.25, 0.3) is 0 Å². The van der Waals surface area contributed by atoms with Crippen LogP contribution in [0.1, 0.15) is 32.3 Å². The van der Waals surface area contributed by atoms with Crippen molar-refractivity contribution in [2.75, 3.05) is 5.32 Å². The highest BCUT2D eigenvalue weighted by Crippen LogP contribution is 2.41. The largest absolute Gasteiger partial charge is 0.379 e. The molecule has 1 aliphatic carbocycles. The van der Waals surface area contributed by atoms with Crippen molar-refractivity contribution in [2.24, 2.45) is 5.92 Å². The predicted molar refractivity (Wildman–Crippen MR) is 66.6 cm³/mol. The van der Waals surface area contributed by atoms with Crippen LogP contribution in [0.2, 0.25) is 5.02 Å². The fraction of sp³-hybridized carbons (Fsp3) is 0.462. The number of hydrogen-bond donors (Lipinski definition) is 1. The van der Waals surface area contributed by atoms with Gasteiger partial charge in [0.05, 0.1) is 11.3 Å². The first-order valence-electron chi connectivity index (χ1n) is 5.51. The van der Waals surface area contributed by atoms with Crippen molar-refractivity contribution < 1.29 is 0 Å². The maximum atomic E-state index is 9.05. The predicted octanol–water partition coefficient (Wildman–Crippen LogP) is 3.81. The van der Waals surface area contributed by atoms with Crippen molar-refractivity contribution in [3.63, 3.8) is 0 Å². The van der Waals surface area contributed by atoms with E-state index in [0.29, 0.717) is 10.6 Å². The number of nitrogens with zero attached hydrogens (tertiary/aromatic N) is 1. The molecule has 0 amide bonds. The minimum Gasteiger partial charge on any atom is -0.379 e. The molecule has 1 aromatic rings. The molecule has 0 radical (unpaired) electrons. The molecule has 0 atom stereocenters. The second-order valence-corrected chi connectivity index (χ2v) is 5.36. The van der Waals surface area contributed by atoms with Crippen LogP contribution >= 0.6 is 11.6 Å². The highest BCUT2D eigenvalue weighted by Gasteiger charge is 2.37. The first-order chi connectivity index (χ1) is 7.53. The SMILES string of the molecule is CC(C)(Nc1ccc(Cl)cc1C#N)C1CC1. The first-order valence-corrected chi connectivity index (χ1v) is 5.88. The Morgan fingerprint density at radius 3 is 2.69 bits per heavy atom. The minimum absolute atomic E-state index is 0.0550. The van der Waals surface area contributed by atoms with Crippen molar-refractivity contribution in [3.05, 3.63) is 28.8 Å². The van der Waals surface area contributed by atoms with Gasteiger partial charge in [0.1, 0.15) is 6.07 Å². The van der Waals surface area contributed by atoms with Crippen LogP contribution in [0.15, 0.2) is 18.2 Å². The zero-order chi connectivity index (χ0) is 11.8. The Morgan fingerprint density at radius 2 is 2.12 bits per heavy atom. The summed E-state index contributed by atoms with van der Waals surface area (Å²) < 4.78 is 0. The van der Waals surface area contributed by atoms with E-state index in [9.17, 15) is 0 Å². The number of rotatable bonds is 3. The highest BCUT2D eigenvalue weighted by molar-refractivity contribution is 6.30. The number of nitrogens with one attached hydrogen (secondary N) is 1. The number of anilines is 1. The van der Waals surface area contributed by atoms with Gasteiger partial charge >= 0.3 is 0 Å². The van der Waals surface area contributed by atoms with E-state index in [1.165, 1.54) is 12.8 Å². The maximum Gasteiger partial charge on any atom is 0.101 e. The smallest absolute Gasteiger partial charge is 0.101 e. The lowest BCUT2D eigenvalue weighted by molar-refractivity contribution is 0.494. The highest BCUT2D eigenvalue weighted by atomic mass is 35.5. The Morgan fingerprint density at radius 1 is 1.44 bits per heavy atom. The summed E-state index contributed by atoms with van der Waals surface area (Å²) in [4.78, 5) is 0. The number of halogens is 1. The van der Waals surface area contributed by atoms with E-state index in [1.807, 2.05) is 12.1 Å². The standard InChI is InChI=1S/C13H15ClN2/c1-13(2,10-3-4-10)16-12-6-5-11(14)7-9(12)8-15/h5-7,10,16H,3-4H2,1-2H3. The lowest BCUT2D eigenvalue weighted by atomic mass is 9.97. The summed E-state index contributed by atoms with van der Waals surface area (Å²) in [6.45, 7) is 4.36. The molecule has 0 saturated heterocycles. The molecule has 16 heavy (non-hydrogen) atoms. The van der Waals surface area contributed by atoms with Crippen LogP contribution in [0.3, 0.4) is 0 Å². The molecule has 0 bridgehead atoms. The number of hydrogen-bond acceptors (Lipinski definition) is 2. The first kappa shape index (κ1) is 11.3. The van der Waals surface area contributed by atoms with Gasteiger partial charge in [-0.05, 0) is 50.8 Å². The van der Waals surface area contributed by atoms with E-state index in [4.69, 9.17) is 16.9 Å². The third-order valence-electron chi connectivity index (χ3n) is 3.16. The van der Waals surface area contributed by atoms with Gasteiger partial charge in [-0.15, -0.1) is 0 Å². The number of nitriles is 1. The van der Waals surface area contributed by atoms with Gasteiger partial charge < -0.3 is 5.32 Å². The monoisotopic (exact) mass is 234 g/mol. The molecule has 1 saturated carbocycles. The Hall–Kier alpha value is -1.20. The molecule has 0 aliphatic heterocycles. The van der Waals surface area contributed by atoms with E-state index in [2.05, 4.69) is 25.2 Å². The molecule has 2 rings (SSSR count). The van der Waals surface area contributed by atoms with E-state index in [1.54, 1.807) is 6.07 Å². The lowest BCUT2D eigenvalue weighted by Crippen LogP contribution is -2.33. The summed E-state index contributed by atoms with van der Waals surface area (Å²) in [6, 6.07) is 7.57. The fourth-order valence-electron chi connectivity index (χ4n) is 1.97. The van der Waals surface area contributed by atoms with Crippen LogP contribution in [0.4, 0.5) is 5.69 Å². The minimum atomic E-state index is 0.0550. The van der Waals surface area contributed by atoms with Crippen molar-refractivity contribution >= 4 is 17.3 Å². The Labute approximate surface area is 101 Å². The van der Waals surface area contributed by atoms with Crippen LogP contribution in [-0.4, -0.2) is 5.54 Å². The van der Waals surface area contributed by atoms with Gasteiger partial charge in [-0.2, -0.15) is 5.26 Å². The van der Waals surface area contributed by atoms with Gasteiger partial charge in [0.25, 0.3) is 0 Å². The molecule has 0 heterocycles. The lowest BCUT2D eigenvalue weighted by Gasteiger charge is -2.28. The summed E-state index contributed by atoms with van der Waals surface area (Å²) >= 11 is 5.86. The number of benzene rings is 1. The third-order valence-corrected chi connectivity index (χ3v) is 3.39. The van der Waals surface area contributed by atoms with Gasteiger partial charge in [-0.25, -0.2) is 0 Å². The van der Waals surface area contributed by atoms with Crippen LogP contribution in [0, 0.1) is 17.2 Å². The molecule has 1 fully saturated rings. The van der Waals surface area contributed by atoms with Gasteiger partial charge in [0.2, 0.25) is 0 Å². The van der Waals surface area contributed by atoms with Crippen molar-refractivity contribution in [1.29, 1.82) is 5.26 Å². The van der Waals surface area contributed by atoms with Gasteiger partial charge in [-0.1, -0.05) is 11.6 Å². The molecule has 1 aliphatic rings. The second-order valence-electron chi connectivity index (χ2n) is 4.92. The van der Waals surface area contributed by atoms with Gasteiger partial charge in [0, 0.05) is 10.6 Å². The molecule has 1 aromatic carbocycles. The zero-order valence-corrected chi connectivity index (χ0v) is 10.3. The molecule has 0 unspecified atom stereocenters. The average Bonchev–Trinajstić information content (AvgIpc) is 3.04. The van der Waals surface area contributed by atoms with Crippen LogP contribution in [-0.2, 0) is 0 Å². The van der Waals surface area contributed by atoms with Crippen LogP contribution < -0.4 is 5.32 Å².